The Morgan fingerprint density at radius 2 is 2.39 bits per heavy atom. The molecule has 0 radical (unpaired) electrons. The summed E-state index contributed by atoms with van der Waals surface area (Å²) in [6.07, 6.45) is 3.86. The Balaban J connectivity index is 1.77. The summed E-state index contributed by atoms with van der Waals surface area (Å²) in [5.41, 5.74) is 1.25. The molecule has 3 rings (SSSR count). The maximum atomic E-state index is 12.2. The highest BCUT2D eigenvalue weighted by Crippen LogP contribution is 2.20. The van der Waals surface area contributed by atoms with E-state index in [9.17, 15) is 9.59 Å². The van der Waals surface area contributed by atoms with Crippen molar-refractivity contribution in [1.29, 1.82) is 0 Å². The number of aromatic nitrogens is 2. The molecule has 0 spiro atoms. The Kier molecular flexibility index (Phi) is 2.87. The molecule has 96 valence electrons. The van der Waals surface area contributed by atoms with Crippen molar-refractivity contribution in [3.8, 4) is 0 Å². The zero-order valence-corrected chi connectivity index (χ0v) is 10.0. The maximum absolute atomic E-state index is 12.2. The molecule has 1 atom stereocenters. The van der Waals surface area contributed by atoms with Gasteiger partial charge in [-0.3, -0.25) is 9.59 Å². The number of aldehydes is 1. The van der Waals surface area contributed by atoms with Crippen LogP contribution in [-0.2, 0) is 22.6 Å². The second-order valence-electron chi connectivity index (χ2n) is 4.65. The van der Waals surface area contributed by atoms with Crippen molar-refractivity contribution in [2.45, 2.75) is 32.0 Å². The molecule has 0 bridgehead atoms. The quantitative estimate of drug-likeness (QED) is 0.703. The van der Waals surface area contributed by atoms with Crippen LogP contribution < -0.4 is 0 Å². The van der Waals surface area contributed by atoms with Crippen molar-refractivity contribution in [2.24, 2.45) is 0 Å². The molecule has 1 fully saturated rings. The number of carbonyl (C=O) groups is 2. The molecule has 1 amide bonds. The van der Waals surface area contributed by atoms with E-state index < -0.39 is 0 Å². The zero-order valence-electron chi connectivity index (χ0n) is 10.0. The number of ether oxygens (including phenoxy) is 1. The van der Waals surface area contributed by atoms with E-state index in [0.29, 0.717) is 31.9 Å². The predicted molar refractivity (Wildman–Crippen MR) is 62.0 cm³/mol. The first-order chi connectivity index (χ1) is 8.79. The number of nitrogens with zero attached hydrogens (tertiary/aromatic N) is 3. The van der Waals surface area contributed by atoms with Crippen LogP contribution in [0.2, 0.25) is 0 Å². The Bertz CT molecular complexity index is 477. The molecule has 6 heteroatoms. The van der Waals surface area contributed by atoms with Crippen LogP contribution in [0.5, 0.6) is 0 Å². The van der Waals surface area contributed by atoms with Gasteiger partial charge in [-0.1, -0.05) is 0 Å². The van der Waals surface area contributed by atoms with Crippen molar-refractivity contribution in [1.82, 2.24) is 14.5 Å². The largest absolute Gasteiger partial charge is 0.368 e. The first kappa shape index (κ1) is 11.4. The fourth-order valence-corrected chi connectivity index (χ4v) is 2.54. The van der Waals surface area contributed by atoms with E-state index in [4.69, 9.17) is 4.74 Å². The topological polar surface area (TPSA) is 64.4 Å². The number of hydrogen-bond donors (Lipinski definition) is 0. The van der Waals surface area contributed by atoms with Crippen LogP contribution in [0.4, 0.5) is 0 Å². The molecule has 0 saturated carbocycles. The Labute approximate surface area is 105 Å². The second kappa shape index (κ2) is 4.53. The van der Waals surface area contributed by atoms with Crippen molar-refractivity contribution in [3.05, 3.63) is 17.7 Å². The average molecular weight is 249 g/mol. The van der Waals surface area contributed by atoms with Crippen LogP contribution in [0.3, 0.4) is 0 Å². The lowest BCUT2D eigenvalue weighted by Gasteiger charge is -2.30. The van der Waals surface area contributed by atoms with Gasteiger partial charge in [-0.05, 0) is 12.8 Å². The number of hydrogen-bond acceptors (Lipinski definition) is 4. The van der Waals surface area contributed by atoms with Crippen molar-refractivity contribution in [3.63, 3.8) is 0 Å². The SMILES string of the molecule is O=Cc1ncn2c1CN(C(=O)C1CCCO1)CC2. The average Bonchev–Trinajstić information content (AvgIpc) is 3.06. The molecule has 1 aromatic rings. The van der Waals surface area contributed by atoms with Crippen LogP contribution in [0.25, 0.3) is 0 Å². The van der Waals surface area contributed by atoms with Crippen LogP contribution in [0.1, 0.15) is 29.0 Å². The van der Waals surface area contributed by atoms with Gasteiger partial charge < -0.3 is 14.2 Å². The van der Waals surface area contributed by atoms with Gasteiger partial charge in [0.2, 0.25) is 0 Å². The summed E-state index contributed by atoms with van der Waals surface area (Å²) in [5, 5.41) is 0. The van der Waals surface area contributed by atoms with Crippen LogP contribution in [0.15, 0.2) is 6.33 Å². The van der Waals surface area contributed by atoms with Gasteiger partial charge in [0.05, 0.1) is 18.6 Å². The summed E-state index contributed by atoms with van der Waals surface area (Å²) in [6.45, 7) is 2.46. The van der Waals surface area contributed by atoms with Crippen LogP contribution >= 0.6 is 0 Å². The van der Waals surface area contributed by atoms with Crippen molar-refractivity contribution in [2.75, 3.05) is 13.2 Å². The molecule has 0 N–H and O–H groups in total. The minimum absolute atomic E-state index is 0.0387. The van der Waals surface area contributed by atoms with Gasteiger partial charge in [0.15, 0.2) is 6.29 Å². The number of rotatable bonds is 2. The standard InChI is InChI=1S/C12H15N3O3/c16-7-9-10-6-14(3-4-15(10)8-13-9)12(17)11-2-1-5-18-11/h7-8,11H,1-6H2. The number of fused-ring (bicyclic) bond motifs is 1. The Morgan fingerprint density at radius 1 is 1.50 bits per heavy atom. The molecule has 18 heavy (non-hydrogen) atoms. The summed E-state index contributed by atoms with van der Waals surface area (Å²) >= 11 is 0. The van der Waals surface area contributed by atoms with Crippen LogP contribution in [-0.4, -0.2) is 45.9 Å². The van der Waals surface area contributed by atoms with Gasteiger partial charge in [-0.2, -0.15) is 0 Å². The van der Waals surface area contributed by atoms with Gasteiger partial charge in [0.1, 0.15) is 11.8 Å². The van der Waals surface area contributed by atoms with Crippen LogP contribution in [0, 0.1) is 0 Å². The van der Waals surface area contributed by atoms with Gasteiger partial charge in [0.25, 0.3) is 5.91 Å². The highest BCUT2D eigenvalue weighted by Gasteiger charge is 2.31. The lowest BCUT2D eigenvalue weighted by molar-refractivity contribution is -0.142. The van der Waals surface area contributed by atoms with Gasteiger partial charge in [0, 0.05) is 19.7 Å². The van der Waals surface area contributed by atoms with E-state index >= 15 is 0 Å². The molecule has 2 aliphatic rings. The van der Waals surface area contributed by atoms with E-state index in [1.165, 1.54) is 0 Å². The molecule has 1 aromatic heterocycles. The third-order valence-electron chi connectivity index (χ3n) is 3.56. The smallest absolute Gasteiger partial charge is 0.252 e. The number of imidazole rings is 1. The number of amides is 1. The number of carbonyl (C=O) groups excluding carboxylic acids is 2. The maximum Gasteiger partial charge on any atom is 0.252 e. The molecular weight excluding hydrogens is 234 g/mol. The monoisotopic (exact) mass is 249 g/mol. The van der Waals surface area contributed by atoms with E-state index in [2.05, 4.69) is 4.98 Å². The lowest BCUT2D eigenvalue weighted by Crippen LogP contribution is -2.43. The minimum Gasteiger partial charge on any atom is -0.368 e. The molecule has 3 heterocycles. The molecule has 2 aliphatic heterocycles. The van der Waals surface area contributed by atoms with Crippen molar-refractivity contribution < 1.29 is 14.3 Å². The van der Waals surface area contributed by atoms with Gasteiger partial charge in [-0.25, -0.2) is 4.98 Å². The summed E-state index contributed by atoms with van der Waals surface area (Å²) < 4.78 is 7.34. The first-order valence-electron chi connectivity index (χ1n) is 6.19. The highest BCUT2D eigenvalue weighted by molar-refractivity contribution is 5.81. The van der Waals surface area contributed by atoms with E-state index in [0.717, 1.165) is 24.8 Å². The zero-order chi connectivity index (χ0) is 12.5. The molecule has 1 saturated heterocycles. The van der Waals surface area contributed by atoms with E-state index in [1.807, 2.05) is 4.57 Å². The highest BCUT2D eigenvalue weighted by atomic mass is 16.5. The molecule has 0 aromatic carbocycles. The fraction of sp³-hybridized carbons (Fsp3) is 0.583. The first-order valence-corrected chi connectivity index (χ1v) is 6.19. The lowest BCUT2D eigenvalue weighted by atomic mass is 10.2. The second-order valence-corrected chi connectivity index (χ2v) is 4.65. The normalized spacial score (nSPS) is 22.9. The molecule has 0 aliphatic carbocycles. The summed E-state index contributed by atoms with van der Waals surface area (Å²) in [7, 11) is 0. The van der Waals surface area contributed by atoms with Gasteiger partial charge >= 0.3 is 0 Å². The van der Waals surface area contributed by atoms with Gasteiger partial charge in [-0.15, -0.1) is 0 Å². The van der Waals surface area contributed by atoms with E-state index in [-0.39, 0.29) is 12.0 Å². The predicted octanol–water partition coefficient (Wildman–Crippen LogP) is 0.217. The third kappa shape index (κ3) is 1.82. The van der Waals surface area contributed by atoms with E-state index in [1.54, 1.807) is 11.2 Å². The minimum atomic E-state index is -0.292. The molecule has 6 nitrogen and oxygen atoms in total. The Morgan fingerprint density at radius 3 is 3.11 bits per heavy atom. The summed E-state index contributed by atoms with van der Waals surface area (Å²) in [4.78, 5) is 28.9. The summed E-state index contributed by atoms with van der Waals surface area (Å²) in [5.74, 6) is 0.0387. The Hall–Kier alpha value is -1.69. The molecular formula is C12H15N3O3. The fourth-order valence-electron chi connectivity index (χ4n) is 2.54. The summed E-state index contributed by atoms with van der Waals surface area (Å²) in [6, 6.07) is 0. The molecule has 1 unspecified atom stereocenters. The third-order valence-corrected chi connectivity index (χ3v) is 3.56. The van der Waals surface area contributed by atoms with Crippen molar-refractivity contribution >= 4 is 12.2 Å².